The summed E-state index contributed by atoms with van der Waals surface area (Å²) in [6.07, 6.45) is 1.02. The van der Waals surface area contributed by atoms with Crippen LogP contribution in [0.1, 0.15) is 20.3 Å². The molecule has 0 saturated carbocycles. The van der Waals surface area contributed by atoms with Crippen LogP contribution in [0.3, 0.4) is 0 Å². The lowest BCUT2D eigenvalue weighted by Gasteiger charge is -2.30. The van der Waals surface area contributed by atoms with E-state index in [0.717, 1.165) is 13.0 Å². The largest absolute Gasteiger partial charge is 0.351 e. The fraction of sp³-hybridized carbons (Fsp3) is 0.800. The molecule has 3 atom stereocenters. The number of hydrogen-bond acceptors (Lipinski definition) is 4. The number of carbonyl (C=O) groups excluding carboxylic acids is 2. The molecule has 1 heterocycles. The number of primary amides is 1. The molecule has 92 valence electrons. The highest BCUT2D eigenvalue weighted by molar-refractivity contribution is 5.96. The molecular weight excluding hydrogens is 208 g/mol. The monoisotopic (exact) mass is 228 g/mol. The number of likely N-dealkylation sites (tertiary alicyclic amines) is 1. The van der Waals surface area contributed by atoms with Gasteiger partial charge in [-0.25, -0.2) is 4.79 Å². The Bertz CT molecular complexity index is 282. The van der Waals surface area contributed by atoms with Crippen LogP contribution >= 0.6 is 0 Å². The number of rotatable bonds is 3. The van der Waals surface area contributed by atoms with Gasteiger partial charge in [-0.05, 0) is 25.8 Å². The molecule has 1 aliphatic heterocycles. The second kappa shape index (κ2) is 5.27. The quantitative estimate of drug-likeness (QED) is 0.591. The minimum Gasteiger partial charge on any atom is -0.351 e. The zero-order valence-corrected chi connectivity index (χ0v) is 9.77. The van der Waals surface area contributed by atoms with Crippen molar-refractivity contribution in [3.05, 3.63) is 0 Å². The Morgan fingerprint density at radius 2 is 2.19 bits per heavy atom. The van der Waals surface area contributed by atoms with Gasteiger partial charge in [0.1, 0.15) is 0 Å². The standard InChI is InChI=1S/C10H20N4O2/c1-6-3-4-14(8(6)5-11)7(2)9(15)13-10(12)16/h6-8H,3-5,11H2,1-2H3,(H3,12,13,15,16). The van der Waals surface area contributed by atoms with E-state index in [9.17, 15) is 9.59 Å². The normalized spacial score (nSPS) is 27.7. The molecule has 1 saturated heterocycles. The van der Waals surface area contributed by atoms with Crippen molar-refractivity contribution in [1.82, 2.24) is 10.2 Å². The van der Waals surface area contributed by atoms with Gasteiger partial charge in [0.2, 0.25) is 5.91 Å². The van der Waals surface area contributed by atoms with Gasteiger partial charge < -0.3 is 11.5 Å². The summed E-state index contributed by atoms with van der Waals surface area (Å²) in [4.78, 5) is 24.2. The maximum Gasteiger partial charge on any atom is 0.318 e. The van der Waals surface area contributed by atoms with Crippen molar-refractivity contribution in [2.24, 2.45) is 17.4 Å². The van der Waals surface area contributed by atoms with Crippen molar-refractivity contribution in [1.29, 1.82) is 0 Å². The predicted molar refractivity (Wildman–Crippen MR) is 60.5 cm³/mol. The van der Waals surface area contributed by atoms with E-state index in [-0.39, 0.29) is 18.0 Å². The van der Waals surface area contributed by atoms with E-state index in [0.29, 0.717) is 12.5 Å². The summed E-state index contributed by atoms with van der Waals surface area (Å²) in [6.45, 7) is 5.24. The van der Waals surface area contributed by atoms with E-state index < -0.39 is 6.03 Å². The van der Waals surface area contributed by atoms with Crippen LogP contribution in [0, 0.1) is 5.92 Å². The third kappa shape index (κ3) is 2.70. The molecule has 0 bridgehead atoms. The molecule has 5 N–H and O–H groups in total. The number of nitrogens with zero attached hydrogens (tertiary/aromatic N) is 1. The third-order valence-electron chi connectivity index (χ3n) is 3.29. The molecule has 1 aliphatic rings. The van der Waals surface area contributed by atoms with Crippen molar-refractivity contribution in [2.75, 3.05) is 13.1 Å². The lowest BCUT2D eigenvalue weighted by molar-refractivity contribution is -0.125. The molecule has 6 heteroatoms. The Morgan fingerprint density at radius 1 is 1.56 bits per heavy atom. The molecule has 0 radical (unpaired) electrons. The first kappa shape index (κ1) is 12.9. The number of carbonyl (C=O) groups is 2. The van der Waals surface area contributed by atoms with Gasteiger partial charge in [-0.15, -0.1) is 0 Å². The highest BCUT2D eigenvalue weighted by Gasteiger charge is 2.35. The Labute approximate surface area is 95.3 Å². The second-order valence-corrected chi connectivity index (χ2v) is 4.34. The Hall–Kier alpha value is -1.14. The highest BCUT2D eigenvalue weighted by atomic mass is 16.2. The molecule has 3 amide bonds. The second-order valence-electron chi connectivity index (χ2n) is 4.34. The van der Waals surface area contributed by atoms with Crippen LogP contribution in [-0.4, -0.2) is 42.0 Å². The van der Waals surface area contributed by atoms with E-state index in [1.54, 1.807) is 6.92 Å². The molecule has 1 fully saturated rings. The fourth-order valence-electron chi connectivity index (χ4n) is 2.26. The summed E-state index contributed by atoms with van der Waals surface area (Å²) in [7, 11) is 0. The molecule has 16 heavy (non-hydrogen) atoms. The van der Waals surface area contributed by atoms with Crippen molar-refractivity contribution >= 4 is 11.9 Å². The van der Waals surface area contributed by atoms with Gasteiger partial charge >= 0.3 is 6.03 Å². The fourth-order valence-corrected chi connectivity index (χ4v) is 2.26. The van der Waals surface area contributed by atoms with Gasteiger partial charge in [0.25, 0.3) is 0 Å². The van der Waals surface area contributed by atoms with Crippen molar-refractivity contribution in [2.45, 2.75) is 32.4 Å². The van der Waals surface area contributed by atoms with Crippen LogP contribution in [0.5, 0.6) is 0 Å². The minimum atomic E-state index is -0.812. The zero-order valence-electron chi connectivity index (χ0n) is 9.77. The van der Waals surface area contributed by atoms with Crippen molar-refractivity contribution < 1.29 is 9.59 Å². The molecule has 1 rings (SSSR count). The summed E-state index contributed by atoms with van der Waals surface area (Å²) < 4.78 is 0. The lowest BCUT2D eigenvalue weighted by Crippen LogP contribution is -2.52. The van der Waals surface area contributed by atoms with E-state index in [1.807, 2.05) is 4.90 Å². The Balaban J connectivity index is 2.62. The zero-order chi connectivity index (χ0) is 12.3. The molecule has 0 spiro atoms. The molecule has 3 unspecified atom stereocenters. The van der Waals surface area contributed by atoms with Gasteiger partial charge in [0.05, 0.1) is 6.04 Å². The smallest absolute Gasteiger partial charge is 0.318 e. The van der Waals surface area contributed by atoms with Crippen LogP contribution < -0.4 is 16.8 Å². The lowest BCUT2D eigenvalue weighted by atomic mass is 10.0. The van der Waals surface area contributed by atoms with Crippen molar-refractivity contribution in [3.8, 4) is 0 Å². The van der Waals surface area contributed by atoms with Crippen LogP contribution in [0.25, 0.3) is 0 Å². The number of nitrogens with two attached hydrogens (primary N) is 2. The van der Waals surface area contributed by atoms with Crippen LogP contribution in [-0.2, 0) is 4.79 Å². The van der Waals surface area contributed by atoms with E-state index in [1.165, 1.54) is 0 Å². The van der Waals surface area contributed by atoms with Gasteiger partial charge in [-0.3, -0.25) is 15.0 Å². The summed E-state index contributed by atoms with van der Waals surface area (Å²) in [5, 5.41) is 2.10. The van der Waals surface area contributed by atoms with Gasteiger partial charge in [-0.2, -0.15) is 0 Å². The van der Waals surface area contributed by atoms with E-state index in [2.05, 4.69) is 12.2 Å². The number of nitrogens with one attached hydrogen (secondary N) is 1. The van der Waals surface area contributed by atoms with E-state index >= 15 is 0 Å². The molecule has 0 aromatic rings. The minimum absolute atomic E-state index is 0.202. The number of imide groups is 1. The summed E-state index contributed by atoms with van der Waals surface area (Å²) in [5.74, 6) is 0.119. The number of hydrogen-bond donors (Lipinski definition) is 3. The SMILES string of the molecule is CC1CCN(C(C)C(=O)NC(N)=O)C1CN. The Morgan fingerprint density at radius 3 is 2.69 bits per heavy atom. The summed E-state index contributed by atoms with van der Waals surface area (Å²) >= 11 is 0. The van der Waals surface area contributed by atoms with Crippen LogP contribution in [0.2, 0.25) is 0 Å². The number of amides is 3. The summed E-state index contributed by atoms with van der Waals surface area (Å²) in [6, 6.07) is -0.979. The molecule has 6 nitrogen and oxygen atoms in total. The predicted octanol–water partition coefficient (Wildman–Crippen LogP) is -0.761. The maximum atomic E-state index is 11.6. The average molecular weight is 228 g/mol. The first-order chi connectivity index (χ1) is 7.47. The number of urea groups is 1. The van der Waals surface area contributed by atoms with Gasteiger partial charge in [0, 0.05) is 12.6 Å². The molecule has 0 aromatic heterocycles. The third-order valence-corrected chi connectivity index (χ3v) is 3.29. The summed E-state index contributed by atoms with van der Waals surface area (Å²) in [5.41, 5.74) is 10.6. The average Bonchev–Trinajstić information content (AvgIpc) is 2.57. The molecule has 0 aliphatic carbocycles. The molecular formula is C10H20N4O2. The van der Waals surface area contributed by atoms with Crippen LogP contribution in [0.15, 0.2) is 0 Å². The maximum absolute atomic E-state index is 11.6. The van der Waals surface area contributed by atoms with Crippen molar-refractivity contribution in [3.63, 3.8) is 0 Å². The van der Waals surface area contributed by atoms with Gasteiger partial charge in [-0.1, -0.05) is 6.92 Å². The van der Waals surface area contributed by atoms with Crippen LogP contribution in [0.4, 0.5) is 4.79 Å². The Kier molecular flexibility index (Phi) is 4.26. The van der Waals surface area contributed by atoms with Gasteiger partial charge in [0.15, 0.2) is 0 Å². The highest BCUT2D eigenvalue weighted by Crippen LogP contribution is 2.25. The first-order valence-corrected chi connectivity index (χ1v) is 5.53. The topological polar surface area (TPSA) is 101 Å². The molecule has 0 aromatic carbocycles. The first-order valence-electron chi connectivity index (χ1n) is 5.53. The van der Waals surface area contributed by atoms with E-state index in [4.69, 9.17) is 11.5 Å².